The highest BCUT2D eigenvalue weighted by Gasteiger charge is 2.33. The van der Waals surface area contributed by atoms with Crippen molar-refractivity contribution in [1.29, 1.82) is 0 Å². The molecule has 9 heteroatoms. The van der Waals surface area contributed by atoms with Crippen molar-refractivity contribution < 1.29 is 4.79 Å². The number of carbonyl (C=O) groups excluding carboxylic acids is 1. The molecule has 3 aromatic carbocycles. The number of fused-ring (bicyclic) bond motifs is 1. The Labute approximate surface area is 280 Å². The van der Waals surface area contributed by atoms with E-state index in [1.807, 2.05) is 71.9 Å². The van der Waals surface area contributed by atoms with Crippen LogP contribution in [0.1, 0.15) is 41.7 Å². The third-order valence-electron chi connectivity index (χ3n) is 9.62. The third-order valence-corrected chi connectivity index (χ3v) is 10.1. The van der Waals surface area contributed by atoms with E-state index < -0.39 is 0 Å². The Morgan fingerprint density at radius 3 is 2.52 bits per heavy atom. The maximum Gasteiger partial charge on any atom is 0.271 e. The Kier molecular flexibility index (Phi) is 9.18. The smallest absolute Gasteiger partial charge is 0.271 e. The van der Waals surface area contributed by atoms with Gasteiger partial charge in [0.15, 0.2) is 0 Å². The predicted molar refractivity (Wildman–Crippen MR) is 188 cm³/mol. The van der Waals surface area contributed by atoms with Crippen LogP contribution in [0.5, 0.6) is 0 Å². The third kappa shape index (κ3) is 6.47. The number of halogens is 2. The van der Waals surface area contributed by atoms with Crippen LogP contribution < -0.4 is 0 Å². The molecule has 2 aliphatic rings. The molecule has 0 saturated carbocycles. The molecule has 1 unspecified atom stereocenters. The van der Waals surface area contributed by atoms with Crippen LogP contribution in [0.3, 0.4) is 0 Å². The minimum absolute atomic E-state index is 0.00791. The van der Waals surface area contributed by atoms with Gasteiger partial charge in [0.1, 0.15) is 5.69 Å². The number of hydrogen-bond donors (Lipinski definition) is 1. The Balaban J connectivity index is 1.23. The number of imidazole rings is 1. The van der Waals surface area contributed by atoms with E-state index in [0.717, 1.165) is 71.5 Å². The lowest BCUT2D eigenvalue weighted by molar-refractivity contribution is 0.0776. The first kappa shape index (κ1) is 31.0. The van der Waals surface area contributed by atoms with Gasteiger partial charge in [0.25, 0.3) is 5.91 Å². The van der Waals surface area contributed by atoms with Crippen LogP contribution in [-0.2, 0) is 6.54 Å². The lowest BCUT2D eigenvalue weighted by atomic mass is 10.0. The second kappa shape index (κ2) is 13.6. The van der Waals surface area contributed by atoms with Crippen molar-refractivity contribution in [3.05, 3.63) is 100 Å². The maximum atomic E-state index is 14.5. The second-order valence-electron chi connectivity index (χ2n) is 12.7. The largest absolute Gasteiger partial charge is 0.350 e. The molecule has 0 radical (unpaired) electrons. The summed E-state index contributed by atoms with van der Waals surface area (Å²) in [7, 11) is 2.21. The quantitative estimate of drug-likeness (QED) is 0.168. The Bertz CT molecular complexity index is 1810. The molecule has 2 saturated heterocycles. The number of hydrogen-bond acceptors (Lipinski definition) is 4. The molecule has 0 aliphatic carbocycles. The van der Waals surface area contributed by atoms with Crippen molar-refractivity contribution in [2.24, 2.45) is 0 Å². The molecule has 2 aliphatic heterocycles. The number of rotatable bonds is 10. The summed E-state index contributed by atoms with van der Waals surface area (Å²) < 4.78 is 2.14. The summed E-state index contributed by atoms with van der Waals surface area (Å²) in [4.78, 5) is 30.0. The first-order chi connectivity index (χ1) is 22.4. The molecule has 1 amide bonds. The predicted octanol–water partition coefficient (Wildman–Crippen LogP) is 7.69. The first-order valence-electron chi connectivity index (χ1n) is 16.3. The second-order valence-corrected chi connectivity index (χ2v) is 13.6. The van der Waals surface area contributed by atoms with Gasteiger partial charge in [-0.1, -0.05) is 71.7 Å². The lowest BCUT2D eigenvalue weighted by Gasteiger charge is -2.25. The Hall–Kier alpha value is -3.62. The summed E-state index contributed by atoms with van der Waals surface area (Å²) in [5, 5.41) is 2.26. The summed E-state index contributed by atoms with van der Waals surface area (Å²) in [5.41, 5.74) is 6.07. The number of nitrogens with one attached hydrogen (secondary N) is 1. The number of likely N-dealkylation sites (N-methyl/N-ethyl adjacent to an activating group) is 1. The number of nitrogens with zero attached hydrogens (tertiary/aromatic N) is 5. The summed E-state index contributed by atoms with van der Waals surface area (Å²) in [6.07, 6.45) is 6.65. The minimum atomic E-state index is 0.00791. The van der Waals surface area contributed by atoms with Crippen LogP contribution in [0.15, 0.2) is 79.1 Å². The molecule has 1 atom stereocenters. The molecule has 5 aromatic rings. The molecule has 7 nitrogen and oxygen atoms in total. The molecule has 0 spiro atoms. The van der Waals surface area contributed by atoms with Crippen LogP contribution in [0.25, 0.3) is 33.4 Å². The average Bonchev–Trinajstić information content (AvgIpc) is 3.89. The van der Waals surface area contributed by atoms with Gasteiger partial charge in [-0.05, 0) is 88.7 Å². The van der Waals surface area contributed by atoms with Gasteiger partial charge in [0.05, 0.1) is 17.7 Å². The zero-order valence-electron chi connectivity index (χ0n) is 26.3. The summed E-state index contributed by atoms with van der Waals surface area (Å²) in [5.74, 6) is 0.00791. The number of aromatic amines is 1. The fourth-order valence-corrected chi connectivity index (χ4v) is 7.41. The first-order valence-corrected chi connectivity index (χ1v) is 17.1. The van der Waals surface area contributed by atoms with Crippen molar-refractivity contribution >= 4 is 40.0 Å². The molecule has 7 rings (SSSR count). The van der Waals surface area contributed by atoms with Crippen LogP contribution in [0.4, 0.5) is 0 Å². The van der Waals surface area contributed by atoms with Gasteiger partial charge in [-0.2, -0.15) is 0 Å². The molecule has 46 heavy (non-hydrogen) atoms. The van der Waals surface area contributed by atoms with E-state index in [0.29, 0.717) is 34.9 Å². The van der Waals surface area contributed by atoms with E-state index in [1.54, 1.807) is 0 Å². The molecular weight excluding hydrogens is 615 g/mol. The van der Waals surface area contributed by atoms with E-state index in [-0.39, 0.29) is 5.91 Å². The van der Waals surface area contributed by atoms with Gasteiger partial charge in [-0.25, -0.2) is 4.98 Å². The Morgan fingerprint density at radius 2 is 1.74 bits per heavy atom. The van der Waals surface area contributed by atoms with Gasteiger partial charge in [0, 0.05) is 57.8 Å². The van der Waals surface area contributed by atoms with Gasteiger partial charge >= 0.3 is 0 Å². The van der Waals surface area contributed by atoms with Crippen molar-refractivity contribution in [1.82, 2.24) is 29.2 Å². The van der Waals surface area contributed by atoms with Crippen LogP contribution in [0, 0.1) is 0 Å². The number of likely N-dealkylation sites (tertiary alicyclic amines) is 2. The number of benzene rings is 3. The van der Waals surface area contributed by atoms with Gasteiger partial charge in [-0.3, -0.25) is 4.79 Å². The minimum Gasteiger partial charge on any atom is -0.350 e. The van der Waals surface area contributed by atoms with Crippen molar-refractivity contribution in [2.45, 2.75) is 38.3 Å². The summed E-state index contributed by atoms with van der Waals surface area (Å²) in [6.45, 7) is 6.69. The maximum absolute atomic E-state index is 14.5. The van der Waals surface area contributed by atoms with E-state index in [9.17, 15) is 4.79 Å². The number of aromatic nitrogens is 3. The summed E-state index contributed by atoms with van der Waals surface area (Å²) in [6, 6.07) is 24.2. The SMILES string of the molecule is CN(CCCN1CCCC1)C1CCN(C(=O)c2[nH]c3cc(Cl)ccc3c2-c2c(-c3ccccc3)ncn2Cc2ccc(Cl)cc2)C1. The highest BCUT2D eigenvalue weighted by molar-refractivity contribution is 6.31. The van der Waals surface area contributed by atoms with E-state index in [1.165, 1.54) is 25.9 Å². The number of carbonyl (C=O) groups is 1. The molecule has 0 bridgehead atoms. The highest BCUT2D eigenvalue weighted by Crippen LogP contribution is 2.40. The lowest BCUT2D eigenvalue weighted by Crippen LogP contribution is -2.38. The van der Waals surface area contributed by atoms with Crippen LogP contribution in [-0.4, -0.2) is 87.5 Å². The monoisotopic (exact) mass is 654 g/mol. The van der Waals surface area contributed by atoms with Crippen molar-refractivity contribution in [2.75, 3.05) is 46.3 Å². The van der Waals surface area contributed by atoms with Crippen molar-refractivity contribution in [3.8, 4) is 22.5 Å². The molecule has 2 aromatic heterocycles. The Morgan fingerprint density at radius 1 is 0.978 bits per heavy atom. The average molecular weight is 656 g/mol. The van der Waals surface area contributed by atoms with Crippen LogP contribution >= 0.6 is 23.2 Å². The fourth-order valence-electron chi connectivity index (χ4n) is 7.11. The zero-order chi connectivity index (χ0) is 31.6. The molecular formula is C37H40Cl2N6O. The van der Waals surface area contributed by atoms with Gasteiger partial charge in [-0.15, -0.1) is 0 Å². The molecule has 4 heterocycles. The number of amides is 1. The van der Waals surface area contributed by atoms with E-state index >= 15 is 0 Å². The standard InChI is InChI=1S/C37H40Cl2N6O/c1-42(17-7-20-43-18-5-6-19-43)30-16-21-44(24-30)37(46)35-33(31-15-14-29(39)22-32(31)41-35)36-34(27-8-3-2-4-9-27)40-25-45(36)23-26-10-12-28(38)13-11-26/h2-4,8-15,22,25,30,41H,5-7,16-21,23-24H2,1H3. The van der Waals surface area contributed by atoms with Gasteiger partial charge < -0.3 is 24.3 Å². The molecule has 1 N–H and O–H groups in total. The fraction of sp³-hybridized carbons (Fsp3) is 0.351. The van der Waals surface area contributed by atoms with E-state index in [2.05, 4.69) is 38.5 Å². The van der Waals surface area contributed by atoms with E-state index in [4.69, 9.17) is 28.2 Å². The zero-order valence-corrected chi connectivity index (χ0v) is 27.8. The molecule has 2 fully saturated rings. The topological polar surface area (TPSA) is 60.4 Å². The molecule has 238 valence electrons. The van der Waals surface area contributed by atoms with Crippen LogP contribution in [0.2, 0.25) is 10.0 Å². The summed E-state index contributed by atoms with van der Waals surface area (Å²) >= 11 is 12.7. The van der Waals surface area contributed by atoms with Crippen molar-refractivity contribution in [3.63, 3.8) is 0 Å². The normalized spacial score (nSPS) is 17.1. The highest BCUT2D eigenvalue weighted by atomic mass is 35.5. The number of H-pyrrole nitrogens is 1. The van der Waals surface area contributed by atoms with Gasteiger partial charge in [0.2, 0.25) is 0 Å².